The van der Waals surface area contributed by atoms with Crippen LogP contribution in [0.2, 0.25) is 0 Å². The minimum atomic E-state index is -0.745. The Labute approximate surface area is 213 Å². The SMILES string of the molecule is COc1cc(C=C2C(=O)NC(=O)N(Cc3ccccc3)C2=O)ccc1OCc1cccc2ccccc12. The molecule has 1 N–H and O–H groups in total. The maximum absolute atomic E-state index is 13.1. The van der Waals surface area contributed by atoms with Crippen LogP contribution < -0.4 is 14.8 Å². The van der Waals surface area contributed by atoms with E-state index in [0.29, 0.717) is 23.7 Å². The summed E-state index contributed by atoms with van der Waals surface area (Å²) in [6.45, 7) is 0.399. The molecule has 0 spiro atoms. The summed E-state index contributed by atoms with van der Waals surface area (Å²) in [4.78, 5) is 38.9. The molecule has 7 nitrogen and oxygen atoms in total. The third-order valence-electron chi connectivity index (χ3n) is 6.13. The van der Waals surface area contributed by atoms with Gasteiger partial charge >= 0.3 is 6.03 Å². The third kappa shape index (κ3) is 5.06. The van der Waals surface area contributed by atoms with Crippen LogP contribution >= 0.6 is 0 Å². The molecule has 1 saturated heterocycles. The fraction of sp³-hybridized carbons (Fsp3) is 0.100. The number of carbonyl (C=O) groups is 3. The molecule has 184 valence electrons. The molecule has 37 heavy (non-hydrogen) atoms. The summed E-state index contributed by atoms with van der Waals surface area (Å²) < 4.78 is 11.6. The number of barbiturate groups is 1. The highest BCUT2D eigenvalue weighted by molar-refractivity contribution is 6.31. The highest BCUT2D eigenvalue weighted by Gasteiger charge is 2.35. The normalized spacial score (nSPS) is 14.7. The lowest BCUT2D eigenvalue weighted by Crippen LogP contribution is -2.53. The summed E-state index contributed by atoms with van der Waals surface area (Å²) in [5.74, 6) is -0.421. The fourth-order valence-electron chi connectivity index (χ4n) is 4.24. The van der Waals surface area contributed by atoms with Gasteiger partial charge in [-0.05, 0) is 45.7 Å². The van der Waals surface area contributed by atoms with E-state index in [1.165, 1.54) is 13.2 Å². The van der Waals surface area contributed by atoms with E-state index in [2.05, 4.69) is 23.5 Å². The number of urea groups is 1. The molecule has 1 aliphatic heterocycles. The lowest BCUT2D eigenvalue weighted by atomic mass is 10.1. The Kier molecular flexibility index (Phi) is 6.68. The van der Waals surface area contributed by atoms with E-state index in [4.69, 9.17) is 9.47 Å². The van der Waals surface area contributed by atoms with E-state index in [1.54, 1.807) is 18.2 Å². The van der Waals surface area contributed by atoms with Crippen molar-refractivity contribution in [2.75, 3.05) is 7.11 Å². The lowest BCUT2D eigenvalue weighted by Gasteiger charge is -2.26. The summed E-state index contributed by atoms with van der Waals surface area (Å²) >= 11 is 0. The van der Waals surface area contributed by atoms with Gasteiger partial charge in [-0.2, -0.15) is 0 Å². The molecule has 4 aromatic rings. The van der Waals surface area contributed by atoms with Crippen LogP contribution in [0.15, 0.2) is 96.6 Å². The molecule has 0 aromatic heterocycles. The van der Waals surface area contributed by atoms with E-state index in [-0.39, 0.29) is 12.1 Å². The molecule has 5 rings (SSSR count). The van der Waals surface area contributed by atoms with Gasteiger partial charge in [0.25, 0.3) is 11.8 Å². The third-order valence-corrected chi connectivity index (χ3v) is 6.13. The van der Waals surface area contributed by atoms with Crippen molar-refractivity contribution >= 4 is 34.7 Å². The van der Waals surface area contributed by atoms with Crippen LogP contribution in [0.4, 0.5) is 4.79 Å². The Morgan fingerprint density at radius 2 is 1.59 bits per heavy atom. The molecule has 0 unspecified atom stereocenters. The first-order chi connectivity index (χ1) is 18.0. The second kappa shape index (κ2) is 10.4. The van der Waals surface area contributed by atoms with Gasteiger partial charge in [-0.3, -0.25) is 19.8 Å². The molecule has 4 aromatic carbocycles. The monoisotopic (exact) mass is 492 g/mol. The number of fused-ring (bicyclic) bond motifs is 1. The first kappa shape index (κ1) is 23.8. The zero-order valence-corrected chi connectivity index (χ0v) is 20.1. The van der Waals surface area contributed by atoms with Crippen LogP contribution in [0.5, 0.6) is 11.5 Å². The van der Waals surface area contributed by atoms with Gasteiger partial charge in [0.2, 0.25) is 0 Å². The van der Waals surface area contributed by atoms with Gasteiger partial charge in [0.1, 0.15) is 12.2 Å². The van der Waals surface area contributed by atoms with Crippen LogP contribution in [0.1, 0.15) is 16.7 Å². The van der Waals surface area contributed by atoms with Crippen molar-refractivity contribution in [3.8, 4) is 11.5 Å². The number of methoxy groups -OCH3 is 1. The van der Waals surface area contributed by atoms with E-state index >= 15 is 0 Å². The van der Waals surface area contributed by atoms with E-state index in [1.807, 2.05) is 54.6 Å². The van der Waals surface area contributed by atoms with Crippen molar-refractivity contribution in [2.45, 2.75) is 13.2 Å². The van der Waals surface area contributed by atoms with E-state index < -0.39 is 17.8 Å². The Bertz CT molecular complexity index is 1520. The maximum Gasteiger partial charge on any atom is 0.331 e. The molecule has 0 saturated carbocycles. The molecule has 0 aliphatic carbocycles. The molecule has 0 bridgehead atoms. The van der Waals surface area contributed by atoms with Crippen molar-refractivity contribution in [2.24, 2.45) is 0 Å². The van der Waals surface area contributed by atoms with Gasteiger partial charge < -0.3 is 9.47 Å². The molecule has 0 radical (unpaired) electrons. The number of ether oxygens (including phenoxy) is 2. The molecule has 7 heteroatoms. The van der Waals surface area contributed by atoms with E-state index in [9.17, 15) is 14.4 Å². The highest BCUT2D eigenvalue weighted by atomic mass is 16.5. The fourth-order valence-corrected chi connectivity index (χ4v) is 4.24. The largest absolute Gasteiger partial charge is 0.493 e. The second-order valence-electron chi connectivity index (χ2n) is 8.53. The Balaban J connectivity index is 1.37. The number of benzene rings is 4. The number of carbonyl (C=O) groups excluding carboxylic acids is 3. The minimum absolute atomic E-state index is 0.0559. The van der Waals surface area contributed by atoms with Gasteiger partial charge in [-0.15, -0.1) is 0 Å². The smallest absolute Gasteiger partial charge is 0.331 e. The van der Waals surface area contributed by atoms with Gasteiger partial charge in [0, 0.05) is 0 Å². The number of nitrogens with one attached hydrogen (secondary N) is 1. The second-order valence-corrected chi connectivity index (χ2v) is 8.53. The summed E-state index contributed by atoms with van der Waals surface area (Å²) in [6.07, 6.45) is 1.44. The average Bonchev–Trinajstić information content (AvgIpc) is 2.93. The van der Waals surface area contributed by atoms with Crippen molar-refractivity contribution in [3.05, 3.63) is 113 Å². The lowest BCUT2D eigenvalue weighted by molar-refractivity contribution is -0.130. The Morgan fingerprint density at radius 3 is 2.41 bits per heavy atom. The first-order valence-corrected chi connectivity index (χ1v) is 11.7. The molecule has 0 atom stereocenters. The summed E-state index contributed by atoms with van der Waals surface area (Å²) in [5.41, 5.74) is 2.23. The first-order valence-electron chi connectivity index (χ1n) is 11.7. The highest BCUT2D eigenvalue weighted by Crippen LogP contribution is 2.31. The predicted octanol–water partition coefficient (Wildman–Crippen LogP) is 5.09. The number of rotatable bonds is 7. The molecule has 1 fully saturated rings. The van der Waals surface area contributed by atoms with Crippen LogP contribution in [0.25, 0.3) is 16.8 Å². The molecule has 1 aliphatic rings. The van der Waals surface area contributed by atoms with Crippen molar-refractivity contribution in [1.82, 2.24) is 10.2 Å². The van der Waals surface area contributed by atoms with Crippen molar-refractivity contribution < 1.29 is 23.9 Å². The van der Waals surface area contributed by atoms with Gasteiger partial charge in [0.05, 0.1) is 13.7 Å². The van der Waals surface area contributed by atoms with Crippen LogP contribution in [0.3, 0.4) is 0 Å². The summed E-state index contributed by atoms with van der Waals surface area (Å²) in [6, 6.07) is 27.7. The van der Waals surface area contributed by atoms with Gasteiger partial charge in [0.15, 0.2) is 11.5 Å². The number of hydrogen-bond donors (Lipinski definition) is 1. The maximum atomic E-state index is 13.1. The van der Waals surface area contributed by atoms with Crippen LogP contribution in [-0.4, -0.2) is 29.9 Å². The molecular weight excluding hydrogens is 468 g/mol. The number of imide groups is 2. The summed E-state index contributed by atoms with van der Waals surface area (Å²) in [7, 11) is 1.52. The summed E-state index contributed by atoms with van der Waals surface area (Å²) in [5, 5.41) is 4.49. The van der Waals surface area contributed by atoms with Gasteiger partial charge in [-0.25, -0.2) is 4.79 Å². The van der Waals surface area contributed by atoms with Crippen molar-refractivity contribution in [3.63, 3.8) is 0 Å². The number of nitrogens with zero attached hydrogens (tertiary/aromatic N) is 1. The predicted molar refractivity (Wildman–Crippen MR) is 140 cm³/mol. The number of hydrogen-bond acceptors (Lipinski definition) is 5. The standard InChI is InChI=1S/C30H24N2O5/c1-36-27-17-21(14-15-26(27)37-19-23-12-7-11-22-10-5-6-13-24(22)23)16-25-28(33)31-30(35)32(29(25)34)18-20-8-3-2-4-9-20/h2-17H,18-19H2,1H3,(H,31,33,35). The minimum Gasteiger partial charge on any atom is -0.493 e. The van der Waals surface area contributed by atoms with Gasteiger partial charge in [-0.1, -0.05) is 78.9 Å². The zero-order valence-electron chi connectivity index (χ0n) is 20.1. The Morgan fingerprint density at radius 1 is 0.838 bits per heavy atom. The Hall–Kier alpha value is -4.91. The quantitative estimate of drug-likeness (QED) is 0.287. The molecule has 4 amide bonds. The number of amides is 4. The van der Waals surface area contributed by atoms with Crippen LogP contribution in [-0.2, 0) is 22.7 Å². The van der Waals surface area contributed by atoms with E-state index in [0.717, 1.165) is 26.8 Å². The topological polar surface area (TPSA) is 84.9 Å². The van der Waals surface area contributed by atoms with Crippen LogP contribution in [0, 0.1) is 0 Å². The van der Waals surface area contributed by atoms with Crippen molar-refractivity contribution in [1.29, 1.82) is 0 Å². The average molecular weight is 493 g/mol. The molecular formula is C30H24N2O5. The zero-order chi connectivity index (χ0) is 25.8. The molecule has 1 heterocycles.